The van der Waals surface area contributed by atoms with Gasteiger partial charge >= 0.3 is 0 Å². The Morgan fingerprint density at radius 1 is 1.33 bits per heavy atom. The molecule has 0 radical (unpaired) electrons. The third kappa shape index (κ3) is 4.04. The van der Waals surface area contributed by atoms with Crippen molar-refractivity contribution in [3.8, 4) is 0 Å². The van der Waals surface area contributed by atoms with Crippen LogP contribution < -0.4 is 5.32 Å². The second-order valence-electron chi connectivity index (χ2n) is 5.23. The molecule has 2 heterocycles. The Kier molecular flexibility index (Phi) is 5.60. The minimum atomic E-state index is 0.435. The zero-order valence-corrected chi connectivity index (χ0v) is 12.4. The van der Waals surface area contributed by atoms with Crippen molar-refractivity contribution in [3.63, 3.8) is 0 Å². The predicted octanol–water partition coefficient (Wildman–Crippen LogP) is 2.98. The van der Waals surface area contributed by atoms with E-state index >= 15 is 0 Å². The molecule has 0 bridgehead atoms. The molecule has 2 rings (SSSR count). The van der Waals surface area contributed by atoms with Gasteiger partial charge in [0.2, 0.25) is 0 Å². The molecule has 0 amide bonds. The summed E-state index contributed by atoms with van der Waals surface area (Å²) in [5.41, 5.74) is 3.12. The molecule has 1 unspecified atom stereocenters. The van der Waals surface area contributed by atoms with E-state index in [0.29, 0.717) is 6.04 Å². The lowest BCUT2D eigenvalue weighted by Gasteiger charge is -2.21. The molecular weight excluding hydrogens is 242 g/mol. The summed E-state index contributed by atoms with van der Waals surface area (Å²) < 4.78 is 0. The predicted molar refractivity (Wildman–Crippen MR) is 78.2 cm³/mol. The van der Waals surface area contributed by atoms with Gasteiger partial charge in [0.25, 0.3) is 0 Å². The first-order valence-electron chi connectivity index (χ1n) is 7.13. The van der Waals surface area contributed by atoms with Crippen LogP contribution in [0.4, 0.5) is 0 Å². The van der Waals surface area contributed by atoms with Gasteiger partial charge in [-0.15, -0.1) is 11.3 Å². The summed E-state index contributed by atoms with van der Waals surface area (Å²) in [4.78, 5) is 8.30. The van der Waals surface area contributed by atoms with Crippen molar-refractivity contribution >= 4 is 11.3 Å². The quantitative estimate of drug-likeness (QED) is 0.889. The normalized spacial score (nSPS) is 19.7. The van der Waals surface area contributed by atoms with E-state index in [1.165, 1.54) is 55.9 Å². The maximum Gasteiger partial charge on any atom is 0.0798 e. The number of hydrogen-bond donors (Lipinski definition) is 1. The smallest absolute Gasteiger partial charge is 0.0798 e. The van der Waals surface area contributed by atoms with E-state index in [1.807, 2.05) is 5.51 Å². The number of hydrogen-bond acceptors (Lipinski definition) is 4. The number of nitrogens with one attached hydrogen (secondary N) is 1. The standard InChI is InChI=1S/C14H25N3S/c1-12(14-13(2)16-11-18-14)15-7-10-17-8-5-3-4-6-9-17/h11-12,15H,3-10H2,1-2H3. The zero-order chi connectivity index (χ0) is 12.8. The summed E-state index contributed by atoms with van der Waals surface area (Å²) in [6.45, 7) is 9.17. The average Bonchev–Trinajstić information content (AvgIpc) is 2.63. The maximum absolute atomic E-state index is 4.32. The fourth-order valence-corrected chi connectivity index (χ4v) is 3.45. The minimum absolute atomic E-state index is 0.435. The molecule has 0 saturated carbocycles. The highest BCUT2D eigenvalue weighted by Gasteiger charge is 2.12. The van der Waals surface area contributed by atoms with Crippen LogP contribution in [-0.4, -0.2) is 36.1 Å². The van der Waals surface area contributed by atoms with Gasteiger partial charge in [-0.25, -0.2) is 4.98 Å². The van der Waals surface area contributed by atoms with Gasteiger partial charge in [-0.05, 0) is 39.8 Å². The van der Waals surface area contributed by atoms with E-state index in [4.69, 9.17) is 0 Å². The van der Waals surface area contributed by atoms with Crippen LogP contribution in [0.25, 0.3) is 0 Å². The highest BCUT2D eigenvalue weighted by molar-refractivity contribution is 7.09. The topological polar surface area (TPSA) is 28.2 Å². The molecule has 102 valence electrons. The van der Waals surface area contributed by atoms with E-state index < -0.39 is 0 Å². The summed E-state index contributed by atoms with van der Waals surface area (Å²) in [5.74, 6) is 0. The van der Waals surface area contributed by atoms with Crippen LogP contribution >= 0.6 is 11.3 Å². The lowest BCUT2D eigenvalue weighted by Crippen LogP contribution is -2.33. The maximum atomic E-state index is 4.32. The van der Waals surface area contributed by atoms with Crippen molar-refractivity contribution in [1.82, 2.24) is 15.2 Å². The fraction of sp³-hybridized carbons (Fsp3) is 0.786. The van der Waals surface area contributed by atoms with Crippen molar-refractivity contribution in [2.45, 2.75) is 45.6 Å². The molecule has 1 fully saturated rings. The molecule has 0 aromatic carbocycles. The number of likely N-dealkylation sites (tertiary alicyclic amines) is 1. The van der Waals surface area contributed by atoms with Crippen LogP contribution in [0.1, 0.15) is 49.2 Å². The Labute approximate surface area is 115 Å². The molecule has 3 nitrogen and oxygen atoms in total. The third-order valence-electron chi connectivity index (χ3n) is 3.75. The zero-order valence-electron chi connectivity index (χ0n) is 11.6. The van der Waals surface area contributed by atoms with Gasteiger partial charge in [-0.3, -0.25) is 0 Å². The molecule has 1 N–H and O–H groups in total. The Morgan fingerprint density at radius 3 is 2.67 bits per heavy atom. The molecule has 1 aliphatic rings. The highest BCUT2D eigenvalue weighted by Crippen LogP contribution is 2.20. The van der Waals surface area contributed by atoms with Crippen LogP contribution in [0, 0.1) is 6.92 Å². The van der Waals surface area contributed by atoms with E-state index in [1.54, 1.807) is 11.3 Å². The molecule has 0 spiro atoms. The SMILES string of the molecule is Cc1ncsc1C(C)NCCN1CCCCCC1. The van der Waals surface area contributed by atoms with E-state index in [-0.39, 0.29) is 0 Å². The summed E-state index contributed by atoms with van der Waals surface area (Å²) in [6, 6.07) is 0.435. The molecule has 1 atom stereocenters. The second-order valence-corrected chi connectivity index (χ2v) is 6.12. The van der Waals surface area contributed by atoms with Crippen molar-refractivity contribution < 1.29 is 0 Å². The first-order chi connectivity index (χ1) is 8.77. The summed E-state index contributed by atoms with van der Waals surface area (Å²) in [7, 11) is 0. The molecule has 1 aromatic heterocycles. The van der Waals surface area contributed by atoms with E-state index in [0.717, 1.165) is 6.54 Å². The summed E-state index contributed by atoms with van der Waals surface area (Å²) in [6.07, 6.45) is 5.59. The van der Waals surface area contributed by atoms with Crippen molar-refractivity contribution in [3.05, 3.63) is 16.1 Å². The summed E-state index contributed by atoms with van der Waals surface area (Å²) in [5, 5.41) is 3.62. The third-order valence-corrected chi connectivity index (χ3v) is 4.87. The molecule has 0 aliphatic carbocycles. The van der Waals surface area contributed by atoms with Gasteiger partial charge in [-0.2, -0.15) is 0 Å². The highest BCUT2D eigenvalue weighted by atomic mass is 32.1. The number of thiazole rings is 1. The van der Waals surface area contributed by atoms with Gasteiger partial charge in [0, 0.05) is 24.0 Å². The van der Waals surface area contributed by atoms with Crippen LogP contribution in [0.15, 0.2) is 5.51 Å². The van der Waals surface area contributed by atoms with Gasteiger partial charge in [0.1, 0.15) is 0 Å². The van der Waals surface area contributed by atoms with Crippen LogP contribution in [0.3, 0.4) is 0 Å². The Morgan fingerprint density at radius 2 is 2.06 bits per heavy atom. The van der Waals surface area contributed by atoms with Gasteiger partial charge in [0.15, 0.2) is 0 Å². The Balaban J connectivity index is 1.70. The second kappa shape index (κ2) is 7.22. The molecule has 1 aliphatic heterocycles. The van der Waals surface area contributed by atoms with Gasteiger partial charge in [0.05, 0.1) is 11.2 Å². The largest absolute Gasteiger partial charge is 0.308 e. The first-order valence-corrected chi connectivity index (χ1v) is 8.01. The molecular formula is C14H25N3S. The Hall–Kier alpha value is -0.450. The van der Waals surface area contributed by atoms with Crippen molar-refractivity contribution in [2.75, 3.05) is 26.2 Å². The fourth-order valence-electron chi connectivity index (χ4n) is 2.62. The number of aryl methyl sites for hydroxylation is 1. The average molecular weight is 267 g/mol. The van der Waals surface area contributed by atoms with E-state index in [9.17, 15) is 0 Å². The van der Waals surface area contributed by atoms with E-state index in [2.05, 4.69) is 29.0 Å². The van der Waals surface area contributed by atoms with Crippen LogP contribution in [-0.2, 0) is 0 Å². The number of rotatable bonds is 5. The summed E-state index contributed by atoms with van der Waals surface area (Å²) >= 11 is 1.76. The van der Waals surface area contributed by atoms with Crippen molar-refractivity contribution in [1.29, 1.82) is 0 Å². The molecule has 4 heteroatoms. The minimum Gasteiger partial charge on any atom is -0.308 e. The van der Waals surface area contributed by atoms with Crippen molar-refractivity contribution in [2.24, 2.45) is 0 Å². The van der Waals surface area contributed by atoms with Crippen LogP contribution in [0.5, 0.6) is 0 Å². The Bertz CT molecular complexity index is 343. The number of aromatic nitrogens is 1. The molecule has 1 aromatic rings. The first kappa shape index (κ1) is 14.0. The van der Waals surface area contributed by atoms with Crippen LogP contribution in [0.2, 0.25) is 0 Å². The lowest BCUT2D eigenvalue weighted by molar-refractivity contribution is 0.280. The van der Waals surface area contributed by atoms with Gasteiger partial charge in [-0.1, -0.05) is 12.8 Å². The number of nitrogens with zero attached hydrogens (tertiary/aromatic N) is 2. The monoisotopic (exact) mass is 267 g/mol. The van der Waals surface area contributed by atoms with Gasteiger partial charge < -0.3 is 10.2 Å². The molecule has 18 heavy (non-hydrogen) atoms. The molecule has 1 saturated heterocycles. The lowest BCUT2D eigenvalue weighted by atomic mass is 10.2.